The van der Waals surface area contributed by atoms with E-state index < -0.39 is 6.09 Å². The number of ether oxygens (including phenoxy) is 1. The average molecular weight is 537 g/mol. The zero-order valence-corrected chi connectivity index (χ0v) is 21.3. The van der Waals surface area contributed by atoms with Crippen molar-refractivity contribution in [2.75, 3.05) is 48.9 Å². The predicted octanol–water partition coefficient (Wildman–Crippen LogP) is 3.04. The van der Waals surface area contributed by atoms with Gasteiger partial charge < -0.3 is 30.3 Å². The first-order valence-corrected chi connectivity index (χ1v) is 12.5. The van der Waals surface area contributed by atoms with Crippen LogP contribution in [-0.2, 0) is 4.74 Å². The second-order valence-corrected chi connectivity index (χ2v) is 9.52. The highest BCUT2D eigenvalue weighted by atomic mass is 35.5. The zero-order valence-electron chi connectivity index (χ0n) is 20.6. The molecule has 196 valence electrons. The number of nitriles is 2. The molecule has 1 unspecified atom stereocenters. The summed E-state index contributed by atoms with van der Waals surface area (Å²) in [4.78, 5) is 24.0. The molecule has 3 N–H and O–H groups in total. The van der Waals surface area contributed by atoms with Crippen molar-refractivity contribution in [2.24, 2.45) is 0 Å². The van der Waals surface area contributed by atoms with E-state index in [1.165, 1.54) is 15.6 Å². The van der Waals surface area contributed by atoms with Crippen LogP contribution in [0.3, 0.4) is 0 Å². The van der Waals surface area contributed by atoms with Gasteiger partial charge in [-0.3, -0.25) is 0 Å². The van der Waals surface area contributed by atoms with E-state index in [0.717, 1.165) is 12.8 Å². The lowest BCUT2D eigenvalue weighted by molar-refractivity contribution is 0.0991. The van der Waals surface area contributed by atoms with Crippen molar-refractivity contribution >= 4 is 46.5 Å². The summed E-state index contributed by atoms with van der Waals surface area (Å²) < 4.78 is 6.59. The second-order valence-electron chi connectivity index (χ2n) is 9.14. The molecule has 0 spiro atoms. The van der Waals surface area contributed by atoms with Crippen molar-refractivity contribution in [3.05, 3.63) is 34.6 Å². The lowest BCUT2D eigenvalue weighted by Crippen LogP contribution is -2.55. The Morgan fingerprint density at radius 3 is 2.79 bits per heavy atom. The normalized spacial score (nSPS) is 17.2. The first-order chi connectivity index (χ1) is 18.4. The van der Waals surface area contributed by atoms with Gasteiger partial charge in [0.15, 0.2) is 17.2 Å². The van der Waals surface area contributed by atoms with Crippen molar-refractivity contribution in [1.82, 2.24) is 24.5 Å². The summed E-state index contributed by atoms with van der Waals surface area (Å²) in [6.07, 6.45) is 3.01. The summed E-state index contributed by atoms with van der Waals surface area (Å²) in [5.74, 6) is 0.664. The molecule has 1 aromatic carbocycles. The van der Waals surface area contributed by atoms with Gasteiger partial charge in [-0.05, 0) is 31.4 Å². The molecule has 14 heteroatoms. The van der Waals surface area contributed by atoms with E-state index in [1.54, 1.807) is 19.2 Å². The Hall–Kier alpha value is -4.33. The topological polar surface area (TPSA) is 168 Å². The van der Waals surface area contributed by atoms with Gasteiger partial charge in [0, 0.05) is 39.4 Å². The number of fused-ring (bicyclic) bond motifs is 1. The average Bonchev–Trinajstić information content (AvgIpc) is 3.64. The number of anilines is 4. The van der Waals surface area contributed by atoms with Gasteiger partial charge >= 0.3 is 6.09 Å². The van der Waals surface area contributed by atoms with Crippen molar-refractivity contribution < 1.29 is 14.6 Å². The Labute approximate surface area is 223 Å². The quantitative estimate of drug-likeness (QED) is 0.387. The number of methoxy groups -OCH3 is 1. The molecule has 13 nitrogen and oxygen atoms in total. The number of hydrogen-bond donors (Lipinski definition) is 3. The van der Waals surface area contributed by atoms with Crippen molar-refractivity contribution in [2.45, 2.75) is 31.3 Å². The molecule has 1 aliphatic heterocycles. The van der Waals surface area contributed by atoms with Crippen molar-refractivity contribution in [3.8, 4) is 12.1 Å². The van der Waals surface area contributed by atoms with Gasteiger partial charge in [-0.1, -0.05) is 11.6 Å². The van der Waals surface area contributed by atoms with Crippen LogP contribution < -0.4 is 15.5 Å². The number of piperazine rings is 1. The fraction of sp³-hybridized carbons (Fsp3) is 0.417. The van der Waals surface area contributed by atoms with E-state index in [0.29, 0.717) is 59.5 Å². The van der Waals surface area contributed by atoms with Crippen LogP contribution in [0.15, 0.2) is 18.3 Å². The number of carboxylic acid groups (broad SMARTS) is 1. The van der Waals surface area contributed by atoms with Gasteiger partial charge in [0.05, 0.1) is 40.3 Å². The summed E-state index contributed by atoms with van der Waals surface area (Å²) >= 11 is 6.85. The van der Waals surface area contributed by atoms with Crippen LogP contribution in [0.1, 0.15) is 30.5 Å². The number of hydrogen-bond acceptors (Lipinski definition) is 10. The minimum absolute atomic E-state index is 0.173. The molecule has 0 bridgehead atoms. The Bertz CT molecular complexity index is 1460. The third kappa shape index (κ3) is 5.07. The highest BCUT2D eigenvalue weighted by Gasteiger charge is 2.32. The fourth-order valence-corrected chi connectivity index (χ4v) is 4.75. The number of carbonyl (C=O) groups is 1. The molecule has 1 aliphatic carbocycles. The number of benzene rings is 1. The second kappa shape index (κ2) is 10.6. The van der Waals surface area contributed by atoms with Gasteiger partial charge in [0.2, 0.25) is 5.95 Å². The molecular formula is C24H25ClN10O3. The third-order valence-electron chi connectivity index (χ3n) is 6.55. The maximum Gasteiger partial charge on any atom is 0.407 e. The van der Waals surface area contributed by atoms with Gasteiger partial charge in [-0.25, -0.2) is 9.78 Å². The number of nitrogens with one attached hydrogen (secondary N) is 2. The van der Waals surface area contributed by atoms with Crippen LogP contribution in [0.4, 0.5) is 27.9 Å². The number of aromatic nitrogens is 4. The standard InChI is InChI=1S/C24H25ClN10O3/c1-38-7-4-16-13-33(5-6-34(16)24(36)37)19-9-14(10-26)8-18(20(19)25)30-23-31-21(29-15-2-3-15)22-28-12-17(11-27)35(22)32-23/h8-9,12,15-16H,2-7,13H2,1H3,(H,36,37)(H2,29,30,31,32). The van der Waals surface area contributed by atoms with Gasteiger partial charge in [0.1, 0.15) is 6.07 Å². The molecule has 2 aliphatic rings. The van der Waals surface area contributed by atoms with Gasteiger partial charge in [0.25, 0.3) is 0 Å². The van der Waals surface area contributed by atoms with E-state index in [9.17, 15) is 20.4 Å². The number of rotatable bonds is 8. The molecule has 38 heavy (non-hydrogen) atoms. The number of halogens is 1. The molecule has 3 heterocycles. The SMILES string of the molecule is COCCC1CN(c2cc(C#N)cc(Nc3nc(NC4CC4)c4ncc(C#N)n4n3)c2Cl)CCN1C(=O)O. The van der Waals surface area contributed by atoms with Crippen LogP contribution in [-0.4, -0.2) is 81.1 Å². The molecule has 5 rings (SSSR count). The highest BCUT2D eigenvalue weighted by Crippen LogP contribution is 2.37. The van der Waals surface area contributed by atoms with Gasteiger partial charge in [-0.2, -0.15) is 20.0 Å². The molecule has 2 fully saturated rings. The summed E-state index contributed by atoms with van der Waals surface area (Å²) in [7, 11) is 1.57. The highest BCUT2D eigenvalue weighted by molar-refractivity contribution is 6.36. The third-order valence-corrected chi connectivity index (χ3v) is 6.95. The minimum Gasteiger partial charge on any atom is -0.465 e. The van der Waals surface area contributed by atoms with E-state index >= 15 is 0 Å². The van der Waals surface area contributed by atoms with Crippen LogP contribution in [0.2, 0.25) is 5.02 Å². The summed E-state index contributed by atoms with van der Waals surface area (Å²) in [5.41, 5.74) is 2.05. The fourth-order valence-electron chi connectivity index (χ4n) is 4.47. The number of amides is 1. The zero-order chi connectivity index (χ0) is 26.8. The molecule has 1 atom stereocenters. The summed E-state index contributed by atoms with van der Waals surface area (Å²) in [6, 6.07) is 7.51. The molecule has 1 saturated heterocycles. The smallest absolute Gasteiger partial charge is 0.407 e. The summed E-state index contributed by atoms with van der Waals surface area (Å²) in [5, 5.41) is 40.0. The maximum absolute atomic E-state index is 11.8. The van der Waals surface area contributed by atoms with Gasteiger partial charge in [-0.15, -0.1) is 5.10 Å². The monoisotopic (exact) mass is 536 g/mol. The van der Waals surface area contributed by atoms with Crippen molar-refractivity contribution in [1.29, 1.82) is 10.5 Å². The van der Waals surface area contributed by atoms with Crippen LogP contribution in [0.5, 0.6) is 0 Å². The lowest BCUT2D eigenvalue weighted by atomic mass is 10.1. The Morgan fingerprint density at radius 2 is 2.11 bits per heavy atom. The van der Waals surface area contributed by atoms with E-state index in [4.69, 9.17) is 16.3 Å². The molecule has 1 saturated carbocycles. The number of nitrogens with zero attached hydrogens (tertiary/aromatic N) is 8. The largest absolute Gasteiger partial charge is 0.465 e. The van der Waals surface area contributed by atoms with Crippen LogP contribution in [0.25, 0.3) is 5.65 Å². The first-order valence-electron chi connectivity index (χ1n) is 12.1. The predicted molar refractivity (Wildman–Crippen MR) is 139 cm³/mol. The molecule has 2 aromatic heterocycles. The Balaban J connectivity index is 1.48. The molecule has 1 amide bonds. The molecule has 0 radical (unpaired) electrons. The molecular weight excluding hydrogens is 512 g/mol. The minimum atomic E-state index is -0.982. The lowest BCUT2D eigenvalue weighted by Gasteiger charge is -2.41. The van der Waals surface area contributed by atoms with E-state index in [1.807, 2.05) is 4.90 Å². The number of imidazole rings is 1. The van der Waals surface area contributed by atoms with Crippen LogP contribution in [0, 0.1) is 22.7 Å². The van der Waals surface area contributed by atoms with E-state index in [2.05, 4.69) is 37.8 Å². The van der Waals surface area contributed by atoms with Crippen molar-refractivity contribution in [3.63, 3.8) is 0 Å². The Kier molecular flexibility index (Phi) is 7.05. The first kappa shape index (κ1) is 25.3. The Morgan fingerprint density at radius 1 is 1.29 bits per heavy atom. The summed E-state index contributed by atoms with van der Waals surface area (Å²) in [6.45, 7) is 1.49. The van der Waals surface area contributed by atoms with E-state index in [-0.39, 0.29) is 30.3 Å². The molecule has 3 aromatic rings. The maximum atomic E-state index is 11.8. The van der Waals surface area contributed by atoms with Crippen LogP contribution >= 0.6 is 11.6 Å².